The summed E-state index contributed by atoms with van der Waals surface area (Å²) in [5.74, 6) is -6.39. The molecule has 1 N–H and O–H groups in total. The van der Waals surface area contributed by atoms with E-state index in [0.717, 1.165) is 12.1 Å². The van der Waals surface area contributed by atoms with Gasteiger partial charge in [0.1, 0.15) is 6.04 Å². The Morgan fingerprint density at radius 2 is 1.94 bits per heavy atom. The Hall–Kier alpha value is -3.13. The number of nitrogens with zero attached hydrogens (tertiary/aromatic N) is 1. The van der Waals surface area contributed by atoms with E-state index in [1.54, 1.807) is 6.07 Å². The molecule has 0 aliphatic carbocycles. The van der Waals surface area contributed by atoms with Crippen LogP contribution in [0.5, 0.6) is 0 Å². The summed E-state index contributed by atoms with van der Waals surface area (Å²) in [6, 6.07) is 6.85. The lowest BCUT2D eigenvalue weighted by atomic mass is 9.97. The minimum Gasteiger partial charge on any atom is -0.322 e. The first-order valence-corrected chi connectivity index (χ1v) is 10.4. The molecule has 0 radical (unpaired) electrons. The number of halogens is 3. The van der Waals surface area contributed by atoms with Crippen molar-refractivity contribution >= 4 is 35.1 Å². The highest BCUT2D eigenvalue weighted by Crippen LogP contribution is 2.32. The highest BCUT2D eigenvalue weighted by Gasteiger charge is 2.41. The molecule has 1 atom stereocenters. The lowest BCUT2D eigenvalue weighted by Gasteiger charge is -2.29. The molecule has 3 amide bonds. The van der Waals surface area contributed by atoms with Gasteiger partial charge in [-0.2, -0.15) is 8.78 Å². The van der Waals surface area contributed by atoms with Crippen molar-refractivity contribution in [3.63, 3.8) is 0 Å². The average Bonchev–Trinajstić information content (AvgIpc) is 3.08. The quantitative estimate of drug-likeness (QED) is 0.668. The summed E-state index contributed by atoms with van der Waals surface area (Å²) in [5.41, 5.74) is 0.653. The monoisotopic (exact) mass is 461 g/mol. The molecule has 6 nitrogen and oxygen atoms in total. The van der Waals surface area contributed by atoms with Gasteiger partial charge in [-0.15, -0.1) is 0 Å². The van der Waals surface area contributed by atoms with Crippen LogP contribution >= 0.6 is 11.6 Å². The molecule has 1 fully saturated rings. The molecule has 2 aromatic rings. The standard InChI is InChI=1S/C23H19ClF2N2O4/c24-16-5-3-15(4-6-16)23(25,26)19(29)9-2-13-1-7-17-14(11-13)12-28(22(17)32)18-8-10-20(30)27-21(18)31/h1,3-7,11,18H,2,8-10,12H2,(H,27,30,31)/i7D. The lowest BCUT2D eigenvalue weighted by Crippen LogP contribution is -2.52. The number of carbonyl (C=O) groups excluding carboxylic acids is 4. The van der Waals surface area contributed by atoms with Crippen LogP contribution in [0.15, 0.2) is 42.4 Å². The Morgan fingerprint density at radius 1 is 1.22 bits per heavy atom. The largest absolute Gasteiger partial charge is 0.330 e. The number of piperidine rings is 1. The first kappa shape index (κ1) is 20.8. The van der Waals surface area contributed by atoms with Crippen LogP contribution in [0.3, 0.4) is 0 Å². The second-order valence-electron chi connectivity index (χ2n) is 7.81. The number of benzene rings is 2. The third kappa shape index (κ3) is 4.14. The summed E-state index contributed by atoms with van der Waals surface area (Å²) in [4.78, 5) is 49.9. The van der Waals surface area contributed by atoms with E-state index < -0.39 is 47.5 Å². The van der Waals surface area contributed by atoms with Gasteiger partial charge in [0, 0.05) is 35.5 Å². The summed E-state index contributed by atoms with van der Waals surface area (Å²) in [5, 5.41) is 2.49. The van der Waals surface area contributed by atoms with E-state index in [4.69, 9.17) is 13.0 Å². The maximum Gasteiger partial charge on any atom is 0.330 e. The third-order valence-electron chi connectivity index (χ3n) is 5.68. The van der Waals surface area contributed by atoms with Gasteiger partial charge in [0.05, 0.1) is 1.37 Å². The number of nitrogens with one attached hydrogen (secondary N) is 1. The number of Topliss-reactive ketones (excluding diaryl/α,β-unsaturated/α-hetero) is 1. The van der Waals surface area contributed by atoms with Crippen LogP contribution in [0.25, 0.3) is 0 Å². The van der Waals surface area contributed by atoms with E-state index in [2.05, 4.69) is 5.32 Å². The van der Waals surface area contributed by atoms with Gasteiger partial charge in [0.15, 0.2) is 0 Å². The number of aryl methyl sites for hydroxylation is 1. The first-order valence-electron chi connectivity index (χ1n) is 10.5. The van der Waals surface area contributed by atoms with Gasteiger partial charge in [-0.3, -0.25) is 24.5 Å². The molecule has 2 aliphatic heterocycles. The number of amides is 3. The van der Waals surface area contributed by atoms with Crippen LogP contribution < -0.4 is 5.32 Å². The molecule has 32 heavy (non-hydrogen) atoms. The maximum absolute atomic E-state index is 14.5. The fourth-order valence-corrected chi connectivity index (χ4v) is 4.05. The van der Waals surface area contributed by atoms with Crippen molar-refractivity contribution in [1.29, 1.82) is 0 Å². The number of carbonyl (C=O) groups is 4. The molecule has 2 aliphatic rings. The second-order valence-corrected chi connectivity index (χ2v) is 8.25. The molecule has 4 rings (SSSR count). The predicted octanol–water partition coefficient (Wildman–Crippen LogP) is 3.39. The van der Waals surface area contributed by atoms with E-state index >= 15 is 0 Å². The molecular weight excluding hydrogens is 442 g/mol. The average molecular weight is 462 g/mol. The van der Waals surface area contributed by atoms with Crippen molar-refractivity contribution in [3.05, 3.63) is 69.7 Å². The highest BCUT2D eigenvalue weighted by molar-refractivity contribution is 6.30. The zero-order valence-electron chi connectivity index (χ0n) is 17.8. The summed E-state index contributed by atoms with van der Waals surface area (Å²) in [6.07, 6.45) is -0.190. The summed E-state index contributed by atoms with van der Waals surface area (Å²) in [7, 11) is 0. The van der Waals surface area contributed by atoms with Crippen LogP contribution in [-0.2, 0) is 33.3 Å². The van der Waals surface area contributed by atoms with Gasteiger partial charge in [0.25, 0.3) is 5.91 Å². The Labute approximate surface area is 188 Å². The Balaban J connectivity index is 1.48. The van der Waals surface area contributed by atoms with E-state index in [1.807, 2.05) is 0 Å². The zero-order valence-corrected chi connectivity index (χ0v) is 17.5. The number of fused-ring (bicyclic) bond motifs is 1. The van der Waals surface area contributed by atoms with Crippen molar-refractivity contribution in [1.82, 2.24) is 10.2 Å². The lowest BCUT2D eigenvalue weighted by molar-refractivity contribution is -0.144. The molecule has 0 aromatic heterocycles. The summed E-state index contributed by atoms with van der Waals surface area (Å²) in [6.45, 7) is 0.0645. The Kier molecular flexibility index (Phi) is 5.46. The molecular formula is C23H19ClF2N2O4. The first-order chi connectivity index (χ1) is 15.6. The van der Waals surface area contributed by atoms with Crippen molar-refractivity contribution in [3.8, 4) is 0 Å². The smallest absolute Gasteiger partial charge is 0.322 e. The second kappa shape index (κ2) is 8.43. The molecule has 0 bridgehead atoms. The van der Waals surface area contributed by atoms with Gasteiger partial charge in [0.2, 0.25) is 17.6 Å². The van der Waals surface area contributed by atoms with E-state index in [-0.39, 0.29) is 42.4 Å². The van der Waals surface area contributed by atoms with Crippen LogP contribution in [0, 0.1) is 0 Å². The molecule has 1 unspecified atom stereocenters. The normalized spacial score (nSPS) is 19.0. The fraction of sp³-hybridized carbons (Fsp3) is 0.304. The van der Waals surface area contributed by atoms with Crippen molar-refractivity contribution in [2.45, 2.75) is 44.2 Å². The van der Waals surface area contributed by atoms with Crippen molar-refractivity contribution in [2.75, 3.05) is 0 Å². The Bertz CT molecular complexity index is 1170. The predicted molar refractivity (Wildman–Crippen MR) is 111 cm³/mol. The molecule has 2 aromatic carbocycles. The van der Waals surface area contributed by atoms with Gasteiger partial charge < -0.3 is 4.90 Å². The van der Waals surface area contributed by atoms with Crippen LogP contribution in [0.1, 0.15) is 47.7 Å². The minimum absolute atomic E-state index is 0.0339. The number of hydrogen-bond donors (Lipinski definition) is 1. The van der Waals surface area contributed by atoms with Gasteiger partial charge in [-0.25, -0.2) is 0 Å². The fourth-order valence-electron chi connectivity index (χ4n) is 3.93. The maximum atomic E-state index is 14.5. The summed E-state index contributed by atoms with van der Waals surface area (Å²) < 4.78 is 37.2. The number of ketones is 1. The zero-order chi connectivity index (χ0) is 23.9. The van der Waals surface area contributed by atoms with Crippen LogP contribution in [-0.4, -0.2) is 34.4 Å². The van der Waals surface area contributed by atoms with Crippen LogP contribution in [0.4, 0.5) is 8.78 Å². The third-order valence-corrected chi connectivity index (χ3v) is 5.93. The van der Waals surface area contributed by atoms with Gasteiger partial charge in [-0.1, -0.05) is 35.9 Å². The molecule has 0 spiro atoms. The Morgan fingerprint density at radius 3 is 2.62 bits per heavy atom. The number of hydrogen-bond acceptors (Lipinski definition) is 4. The number of alkyl halides is 2. The summed E-state index contributed by atoms with van der Waals surface area (Å²) >= 11 is 5.72. The van der Waals surface area contributed by atoms with Gasteiger partial charge in [-0.05, 0) is 42.1 Å². The molecule has 9 heteroatoms. The molecule has 2 heterocycles. The van der Waals surface area contributed by atoms with Gasteiger partial charge >= 0.3 is 5.92 Å². The van der Waals surface area contributed by atoms with Crippen molar-refractivity contribution in [2.24, 2.45) is 0 Å². The van der Waals surface area contributed by atoms with E-state index in [0.29, 0.717) is 11.1 Å². The topological polar surface area (TPSA) is 83.6 Å². The number of imide groups is 1. The molecule has 0 saturated carbocycles. The minimum atomic E-state index is -3.68. The van der Waals surface area contributed by atoms with E-state index in [1.165, 1.54) is 23.1 Å². The molecule has 1 saturated heterocycles. The van der Waals surface area contributed by atoms with Crippen molar-refractivity contribution < 1.29 is 29.3 Å². The SMILES string of the molecule is [2H]c1cc(CCC(=O)C(F)(F)c2ccc(Cl)cc2)cc2c1C(=O)N(C1CCC(=O)NC1=O)C2. The van der Waals surface area contributed by atoms with Crippen LogP contribution in [0.2, 0.25) is 5.02 Å². The highest BCUT2D eigenvalue weighted by atomic mass is 35.5. The number of rotatable bonds is 6. The molecule has 166 valence electrons. The van der Waals surface area contributed by atoms with E-state index in [9.17, 15) is 28.0 Å².